The van der Waals surface area contributed by atoms with Gasteiger partial charge in [0.05, 0.1) is 28.0 Å². The molecule has 0 aromatic heterocycles. The zero-order valence-corrected chi connectivity index (χ0v) is 31.2. The van der Waals surface area contributed by atoms with Gasteiger partial charge in [0, 0.05) is 11.1 Å². The Labute approximate surface area is 314 Å². The fraction of sp³-hybridized carbons (Fsp3) is 0.191. The fourth-order valence-corrected chi connectivity index (χ4v) is 7.24. The molecule has 0 atom stereocenters. The summed E-state index contributed by atoms with van der Waals surface area (Å²) in [7, 11) is -3.53. The standard InChI is InChI=1S/C25H26O2.C22H19NO2S/c1-2-3-4-8-18-27-24-13-9-12-23(19-24)25(26)22-16-14-21(15-17-22)20-10-6-5-7-11-20;1-2-4-17-5-3-6-22(15-17)26(24,25)21-13-11-20(12-14-21)19-9-7-18(16-23)8-10-19/h5-7,9-17,19H,2-4,8,18H2,1H3;3,5-15H,2,4H2,1H3. The average Bonchev–Trinajstić information content (AvgIpc) is 3.21. The van der Waals surface area contributed by atoms with Gasteiger partial charge in [0.25, 0.3) is 0 Å². The lowest BCUT2D eigenvalue weighted by Gasteiger charge is -2.08. The van der Waals surface area contributed by atoms with E-state index in [1.165, 1.54) is 19.3 Å². The number of ether oxygens (including phenoxy) is 1. The van der Waals surface area contributed by atoms with Gasteiger partial charge >= 0.3 is 0 Å². The van der Waals surface area contributed by atoms with Gasteiger partial charge in [-0.1, -0.05) is 143 Å². The zero-order valence-electron chi connectivity index (χ0n) is 30.4. The van der Waals surface area contributed by atoms with Crippen LogP contribution in [0.15, 0.2) is 161 Å². The van der Waals surface area contributed by atoms with Gasteiger partial charge < -0.3 is 4.74 Å². The number of rotatable bonds is 14. The number of carbonyl (C=O) groups is 1. The Morgan fingerprint density at radius 2 is 1.21 bits per heavy atom. The van der Waals surface area contributed by atoms with Crippen LogP contribution in [-0.4, -0.2) is 20.8 Å². The van der Waals surface area contributed by atoms with Crippen molar-refractivity contribution in [3.63, 3.8) is 0 Å². The third kappa shape index (κ3) is 10.6. The first kappa shape index (κ1) is 38.5. The minimum Gasteiger partial charge on any atom is -0.494 e. The van der Waals surface area contributed by atoms with Gasteiger partial charge in [-0.25, -0.2) is 8.42 Å². The van der Waals surface area contributed by atoms with Gasteiger partial charge in [0.2, 0.25) is 9.84 Å². The maximum absolute atomic E-state index is 12.9. The van der Waals surface area contributed by atoms with Crippen LogP contribution in [0.25, 0.3) is 22.3 Å². The monoisotopic (exact) mass is 719 g/mol. The summed E-state index contributed by atoms with van der Waals surface area (Å²) >= 11 is 0. The Balaban J connectivity index is 0.000000204. The summed E-state index contributed by atoms with van der Waals surface area (Å²) in [6, 6.07) is 48.7. The molecule has 0 fully saturated rings. The number of hydrogen-bond acceptors (Lipinski definition) is 5. The van der Waals surface area contributed by atoms with E-state index in [1.807, 2.05) is 84.9 Å². The molecule has 0 amide bonds. The van der Waals surface area contributed by atoms with Crippen LogP contribution in [0.5, 0.6) is 5.75 Å². The SMILES string of the molecule is CCCCCCOc1cccc(C(=O)c2ccc(-c3ccccc3)cc2)c1.CCCc1cccc(S(=O)(=O)c2ccc(-c3ccc(C#N)cc3)cc2)c1. The van der Waals surface area contributed by atoms with Crippen molar-refractivity contribution in [3.05, 3.63) is 174 Å². The van der Waals surface area contributed by atoms with Crippen molar-refractivity contribution in [3.8, 4) is 34.1 Å². The molecule has 0 aliphatic rings. The van der Waals surface area contributed by atoms with E-state index in [9.17, 15) is 13.2 Å². The second-order valence-electron chi connectivity index (χ2n) is 12.8. The molecule has 6 rings (SSSR count). The number of hydrogen-bond donors (Lipinski definition) is 0. The number of aryl methyl sites for hydroxylation is 1. The summed E-state index contributed by atoms with van der Waals surface area (Å²) in [5.41, 5.74) is 7.09. The van der Waals surface area contributed by atoms with E-state index in [1.54, 1.807) is 54.6 Å². The van der Waals surface area contributed by atoms with Gasteiger partial charge in [0.1, 0.15) is 5.75 Å². The smallest absolute Gasteiger partial charge is 0.206 e. The van der Waals surface area contributed by atoms with Crippen LogP contribution >= 0.6 is 0 Å². The molecule has 0 aliphatic heterocycles. The van der Waals surface area contributed by atoms with Crippen LogP contribution in [0.1, 0.15) is 73.0 Å². The minimum atomic E-state index is -3.53. The van der Waals surface area contributed by atoms with Crippen LogP contribution in [0.3, 0.4) is 0 Å². The van der Waals surface area contributed by atoms with Gasteiger partial charge in [-0.05, 0) is 89.2 Å². The highest BCUT2D eigenvalue weighted by atomic mass is 32.2. The zero-order chi connectivity index (χ0) is 37.5. The average molecular weight is 720 g/mol. The normalized spacial score (nSPS) is 10.8. The Bertz CT molecular complexity index is 2220. The molecule has 0 bridgehead atoms. The van der Waals surface area contributed by atoms with E-state index in [0.29, 0.717) is 28.2 Å². The molecule has 0 unspecified atom stereocenters. The van der Waals surface area contributed by atoms with Crippen LogP contribution in [0, 0.1) is 11.3 Å². The van der Waals surface area contributed by atoms with Crippen molar-refractivity contribution in [2.75, 3.05) is 6.61 Å². The maximum Gasteiger partial charge on any atom is 0.206 e. The molecule has 53 heavy (non-hydrogen) atoms. The Morgan fingerprint density at radius 1 is 0.585 bits per heavy atom. The summed E-state index contributed by atoms with van der Waals surface area (Å²) in [4.78, 5) is 13.4. The van der Waals surface area contributed by atoms with Crippen molar-refractivity contribution < 1.29 is 17.9 Å². The highest BCUT2D eigenvalue weighted by Crippen LogP contribution is 2.27. The van der Waals surface area contributed by atoms with Crippen LogP contribution in [-0.2, 0) is 16.3 Å². The maximum atomic E-state index is 12.9. The first-order chi connectivity index (χ1) is 25.8. The number of nitriles is 1. The van der Waals surface area contributed by atoms with Crippen LogP contribution < -0.4 is 4.74 Å². The number of carbonyl (C=O) groups excluding carboxylic acids is 1. The molecule has 0 aliphatic carbocycles. The van der Waals surface area contributed by atoms with E-state index in [2.05, 4.69) is 32.0 Å². The molecule has 6 heteroatoms. The second-order valence-corrected chi connectivity index (χ2v) is 14.8. The number of nitrogens with zero attached hydrogens (tertiary/aromatic N) is 1. The lowest BCUT2D eigenvalue weighted by molar-refractivity contribution is 0.103. The molecule has 5 nitrogen and oxygen atoms in total. The van der Waals surface area contributed by atoms with Crippen molar-refractivity contribution in [1.82, 2.24) is 0 Å². The molecular formula is C47H45NO4S. The molecule has 0 saturated carbocycles. The molecule has 6 aromatic rings. The summed E-state index contributed by atoms with van der Waals surface area (Å²) in [5.74, 6) is 0.782. The number of benzene rings is 6. The minimum absolute atomic E-state index is 0.0195. The molecule has 0 saturated heterocycles. The van der Waals surface area contributed by atoms with E-state index >= 15 is 0 Å². The van der Waals surface area contributed by atoms with Crippen LogP contribution in [0.2, 0.25) is 0 Å². The van der Waals surface area contributed by atoms with Gasteiger partial charge in [-0.15, -0.1) is 0 Å². The number of ketones is 1. The first-order valence-electron chi connectivity index (χ1n) is 18.2. The lowest BCUT2D eigenvalue weighted by atomic mass is 9.99. The lowest BCUT2D eigenvalue weighted by Crippen LogP contribution is -2.03. The largest absolute Gasteiger partial charge is 0.494 e. The van der Waals surface area contributed by atoms with Crippen molar-refractivity contribution >= 4 is 15.6 Å². The molecule has 0 N–H and O–H groups in total. The van der Waals surface area contributed by atoms with E-state index in [4.69, 9.17) is 10.00 Å². The molecule has 6 aromatic carbocycles. The van der Waals surface area contributed by atoms with Gasteiger partial charge in [-0.3, -0.25) is 4.79 Å². The highest BCUT2D eigenvalue weighted by molar-refractivity contribution is 7.91. The molecule has 0 heterocycles. The van der Waals surface area contributed by atoms with Crippen LogP contribution in [0.4, 0.5) is 0 Å². The summed E-state index contributed by atoms with van der Waals surface area (Å²) in [5, 5.41) is 8.87. The summed E-state index contributed by atoms with van der Waals surface area (Å²) in [6.45, 7) is 4.97. The highest BCUT2D eigenvalue weighted by Gasteiger charge is 2.18. The van der Waals surface area contributed by atoms with E-state index in [-0.39, 0.29) is 10.7 Å². The van der Waals surface area contributed by atoms with Crippen molar-refractivity contribution in [1.29, 1.82) is 5.26 Å². The quantitative estimate of drug-likeness (QED) is 0.0826. The molecule has 0 radical (unpaired) electrons. The van der Waals surface area contributed by atoms with Crippen molar-refractivity contribution in [2.24, 2.45) is 0 Å². The predicted molar refractivity (Wildman–Crippen MR) is 214 cm³/mol. The Kier molecular flexibility index (Phi) is 13.9. The molecule has 268 valence electrons. The molecular weight excluding hydrogens is 675 g/mol. The van der Waals surface area contributed by atoms with Gasteiger partial charge in [-0.2, -0.15) is 5.26 Å². The fourth-order valence-electron chi connectivity index (χ4n) is 5.91. The Hall–Kier alpha value is -5.77. The summed E-state index contributed by atoms with van der Waals surface area (Å²) < 4.78 is 31.6. The van der Waals surface area contributed by atoms with E-state index < -0.39 is 9.84 Å². The number of unbranched alkanes of at least 4 members (excludes halogenated alkanes) is 3. The second kappa shape index (κ2) is 19.2. The van der Waals surface area contributed by atoms with Crippen molar-refractivity contribution in [2.45, 2.75) is 62.2 Å². The Morgan fingerprint density at radius 3 is 1.85 bits per heavy atom. The summed E-state index contributed by atoms with van der Waals surface area (Å²) in [6.07, 6.45) is 6.52. The van der Waals surface area contributed by atoms with E-state index in [0.717, 1.165) is 52.8 Å². The molecule has 0 spiro atoms. The number of sulfone groups is 1. The topological polar surface area (TPSA) is 84.2 Å². The first-order valence-corrected chi connectivity index (χ1v) is 19.7. The third-order valence-corrected chi connectivity index (χ3v) is 10.6. The van der Waals surface area contributed by atoms with Gasteiger partial charge in [0.15, 0.2) is 5.78 Å². The third-order valence-electron chi connectivity index (χ3n) is 8.88. The predicted octanol–water partition coefficient (Wildman–Crippen LogP) is 11.6.